The normalized spacial score (nSPS) is 20.5. The molecule has 0 saturated carbocycles. The first kappa shape index (κ1) is 16.5. The number of rotatable bonds is 3. The van der Waals surface area contributed by atoms with Crippen LogP contribution < -0.4 is 10.0 Å². The van der Waals surface area contributed by atoms with Crippen LogP contribution in [-0.4, -0.2) is 27.5 Å². The highest BCUT2D eigenvalue weighted by Gasteiger charge is 2.33. The fraction of sp³-hybridized carbons (Fsp3) is 0.500. The van der Waals surface area contributed by atoms with E-state index in [0.717, 1.165) is 19.0 Å². The lowest BCUT2D eigenvalue weighted by Crippen LogP contribution is -2.45. The van der Waals surface area contributed by atoms with Crippen molar-refractivity contribution >= 4 is 21.6 Å². The van der Waals surface area contributed by atoms with Crippen molar-refractivity contribution in [3.8, 4) is 0 Å². The van der Waals surface area contributed by atoms with Gasteiger partial charge in [0.15, 0.2) is 0 Å². The summed E-state index contributed by atoms with van der Waals surface area (Å²) in [5.74, 6) is 0. The smallest absolute Gasteiger partial charge is 0.315 e. The number of piperidine rings is 1. The van der Waals surface area contributed by atoms with Crippen LogP contribution in [0.15, 0.2) is 23.1 Å². The van der Waals surface area contributed by atoms with E-state index in [0.29, 0.717) is 25.1 Å². The molecule has 0 spiro atoms. The lowest BCUT2D eigenvalue weighted by Gasteiger charge is -2.23. The second-order valence-electron chi connectivity index (χ2n) is 4.84. The van der Waals surface area contributed by atoms with Gasteiger partial charge in [-0.2, -0.15) is 13.2 Å². The van der Waals surface area contributed by atoms with E-state index < -0.39 is 26.7 Å². The summed E-state index contributed by atoms with van der Waals surface area (Å²) in [6.45, 7) is 1.25. The monoisotopic (exact) mass is 342 g/mol. The van der Waals surface area contributed by atoms with Crippen molar-refractivity contribution < 1.29 is 21.6 Å². The van der Waals surface area contributed by atoms with Crippen LogP contribution in [0.25, 0.3) is 0 Å². The Bertz CT molecular complexity index is 613. The van der Waals surface area contributed by atoms with Crippen molar-refractivity contribution in [3.05, 3.63) is 28.8 Å². The number of benzene rings is 1. The zero-order valence-corrected chi connectivity index (χ0v) is 12.4. The van der Waals surface area contributed by atoms with E-state index in [1.807, 2.05) is 0 Å². The van der Waals surface area contributed by atoms with Gasteiger partial charge in [-0.05, 0) is 37.6 Å². The fourth-order valence-corrected chi connectivity index (χ4v) is 3.76. The van der Waals surface area contributed by atoms with E-state index >= 15 is 0 Å². The molecule has 1 aliphatic heterocycles. The van der Waals surface area contributed by atoms with Crippen LogP contribution in [0.5, 0.6) is 0 Å². The highest BCUT2D eigenvalue weighted by Crippen LogP contribution is 2.33. The first-order valence-corrected chi connectivity index (χ1v) is 8.15. The van der Waals surface area contributed by atoms with Crippen LogP contribution in [-0.2, 0) is 16.2 Å². The van der Waals surface area contributed by atoms with E-state index in [4.69, 9.17) is 11.6 Å². The Morgan fingerprint density at radius 1 is 1.29 bits per heavy atom. The second-order valence-corrected chi connectivity index (χ2v) is 6.99. The summed E-state index contributed by atoms with van der Waals surface area (Å²) in [5, 5.41) is 2.75. The average molecular weight is 343 g/mol. The number of nitrogens with one attached hydrogen (secondary N) is 2. The third-order valence-corrected chi connectivity index (χ3v) is 4.85. The maximum absolute atomic E-state index is 12.7. The van der Waals surface area contributed by atoms with Crippen LogP contribution in [0.4, 0.5) is 13.2 Å². The van der Waals surface area contributed by atoms with Gasteiger partial charge in [-0.1, -0.05) is 11.6 Å². The minimum absolute atomic E-state index is 0.271. The maximum Gasteiger partial charge on any atom is 0.416 e. The largest absolute Gasteiger partial charge is 0.416 e. The van der Waals surface area contributed by atoms with Gasteiger partial charge in [0.1, 0.15) is 0 Å². The van der Waals surface area contributed by atoms with Gasteiger partial charge in [-0.25, -0.2) is 13.1 Å². The van der Waals surface area contributed by atoms with Gasteiger partial charge in [-0.3, -0.25) is 0 Å². The molecular weight excluding hydrogens is 329 g/mol. The van der Waals surface area contributed by atoms with E-state index in [2.05, 4.69) is 10.0 Å². The van der Waals surface area contributed by atoms with Gasteiger partial charge in [0.2, 0.25) is 10.0 Å². The summed E-state index contributed by atoms with van der Waals surface area (Å²) in [6, 6.07) is 1.96. The van der Waals surface area contributed by atoms with Gasteiger partial charge in [0, 0.05) is 17.6 Å². The Kier molecular flexibility index (Phi) is 4.82. The van der Waals surface area contributed by atoms with Crippen LogP contribution in [0.3, 0.4) is 0 Å². The molecule has 1 atom stereocenters. The quantitative estimate of drug-likeness (QED) is 0.886. The Morgan fingerprint density at radius 2 is 2.00 bits per heavy atom. The Hall–Kier alpha value is -0.830. The molecule has 0 amide bonds. The van der Waals surface area contributed by atoms with Gasteiger partial charge in [0.05, 0.1) is 10.5 Å². The van der Waals surface area contributed by atoms with Crippen molar-refractivity contribution in [2.24, 2.45) is 0 Å². The van der Waals surface area contributed by atoms with Crippen molar-refractivity contribution in [3.63, 3.8) is 0 Å². The van der Waals surface area contributed by atoms with Gasteiger partial charge in [0.25, 0.3) is 0 Å². The third kappa shape index (κ3) is 4.32. The maximum atomic E-state index is 12.7. The SMILES string of the molecule is O=S(=O)(NC1CCCNC1)c1cc(Cl)cc(C(F)(F)F)c1. The van der Waals surface area contributed by atoms with Crippen molar-refractivity contribution in [2.45, 2.75) is 30.0 Å². The molecule has 4 nitrogen and oxygen atoms in total. The molecule has 1 fully saturated rings. The molecule has 21 heavy (non-hydrogen) atoms. The molecule has 1 aliphatic rings. The minimum Gasteiger partial charge on any atom is -0.315 e. The number of halogens is 4. The molecule has 1 heterocycles. The molecular formula is C12H14ClF3N2O2S. The average Bonchev–Trinajstić information content (AvgIpc) is 2.37. The highest BCUT2D eigenvalue weighted by atomic mass is 35.5. The molecule has 2 N–H and O–H groups in total. The lowest BCUT2D eigenvalue weighted by molar-refractivity contribution is -0.137. The number of alkyl halides is 3. The first-order valence-electron chi connectivity index (χ1n) is 6.29. The number of sulfonamides is 1. The van der Waals surface area contributed by atoms with Crippen LogP contribution in [0.2, 0.25) is 5.02 Å². The predicted molar refractivity (Wildman–Crippen MR) is 72.7 cm³/mol. The number of hydrogen-bond acceptors (Lipinski definition) is 3. The molecule has 0 aromatic heterocycles. The van der Waals surface area contributed by atoms with Crippen LogP contribution >= 0.6 is 11.6 Å². The Morgan fingerprint density at radius 3 is 2.57 bits per heavy atom. The van der Waals surface area contributed by atoms with Crippen molar-refractivity contribution in [2.75, 3.05) is 13.1 Å². The molecule has 1 aromatic carbocycles. The molecule has 2 rings (SSSR count). The summed E-state index contributed by atoms with van der Waals surface area (Å²) in [5.41, 5.74) is -1.09. The molecule has 1 saturated heterocycles. The summed E-state index contributed by atoms with van der Waals surface area (Å²) in [7, 11) is -4.04. The zero-order valence-electron chi connectivity index (χ0n) is 10.9. The Labute approximate surface area is 125 Å². The number of hydrogen-bond donors (Lipinski definition) is 2. The van der Waals surface area contributed by atoms with E-state index in [1.165, 1.54) is 0 Å². The van der Waals surface area contributed by atoms with Crippen molar-refractivity contribution in [1.82, 2.24) is 10.0 Å². The summed E-state index contributed by atoms with van der Waals surface area (Å²) in [4.78, 5) is -0.479. The van der Waals surface area contributed by atoms with Gasteiger partial charge in [-0.15, -0.1) is 0 Å². The van der Waals surface area contributed by atoms with Crippen LogP contribution in [0.1, 0.15) is 18.4 Å². The lowest BCUT2D eigenvalue weighted by atomic mass is 10.1. The van der Waals surface area contributed by atoms with E-state index in [-0.39, 0.29) is 11.1 Å². The predicted octanol–water partition coefficient (Wildman–Crippen LogP) is 2.39. The molecule has 1 aromatic rings. The first-order chi connectivity index (χ1) is 9.68. The third-order valence-electron chi connectivity index (χ3n) is 3.13. The van der Waals surface area contributed by atoms with Gasteiger partial charge < -0.3 is 5.32 Å². The highest BCUT2D eigenvalue weighted by molar-refractivity contribution is 7.89. The van der Waals surface area contributed by atoms with Gasteiger partial charge >= 0.3 is 6.18 Å². The summed E-state index contributed by atoms with van der Waals surface area (Å²) < 4.78 is 64.9. The topological polar surface area (TPSA) is 58.2 Å². The second kappa shape index (κ2) is 6.12. The van der Waals surface area contributed by atoms with E-state index in [1.54, 1.807) is 0 Å². The molecule has 0 radical (unpaired) electrons. The molecule has 9 heteroatoms. The standard InChI is InChI=1S/C12H14ClF3N2O2S/c13-9-4-8(12(14,15)16)5-11(6-9)21(19,20)18-10-2-1-3-17-7-10/h4-6,10,17-18H,1-3,7H2. The molecule has 0 aliphatic carbocycles. The van der Waals surface area contributed by atoms with Crippen LogP contribution in [0, 0.1) is 0 Å². The summed E-state index contributed by atoms with van der Waals surface area (Å²) >= 11 is 5.60. The fourth-order valence-electron chi connectivity index (χ4n) is 2.12. The van der Waals surface area contributed by atoms with Crippen molar-refractivity contribution in [1.29, 1.82) is 0 Å². The zero-order chi connectivity index (χ0) is 15.7. The summed E-state index contributed by atoms with van der Waals surface area (Å²) in [6.07, 6.45) is -3.21. The molecule has 0 bridgehead atoms. The molecule has 1 unspecified atom stereocenters. The van der Waals surface area contributed by atoms with E-state index in [9.17, 15) is 21.6 Å². The molecule has 118 valence electrons. The minimum atomic E-state index is -4.65. The Balaban J connectivity index is 2.29.